The van der Waals surface area contributed by atoms with Crippen LogP contribution >= 0.6 is 23.4 Å². The van der Waals surface area contributed by atoms with Crippen LogP contribution in [0.1, 0.15) is 6.92 Å². The highest BCUT2D eigenvalue weighted by Gasteiger charge is 2.15. The molecule has 0 spiro atoms. The minimum Gasteiger partial charge on any atom is -0.325 e. The summed E-state index contributed by atoms with van der Waals surface area (Å²) in [5.74, 6) is 0.537. The Morgan fingerprint density at radius 3 is 2.55 bits per heavy atom. The summed E-state index contributed by atoms with van der Waals surface area (Å²) < 4.78 is 24.5. The van der Waals surface area contributed by atoms with Crippen LogP contribution in [0.2, 0.25) is 5.02 Å². The van der Waals surface area contributed by atoms with Crippen molar-refractivity contribution in [3.8, 4) is 11.4 Å². The zero-order valence-electron chi connectivity index (χ0n) is 15.4. The van der Waals surface area contributed by atoms with Gasteiger partial charge in [-0.1, -0.05) is 35.5 Å². The predicted octanol–water partition coefficient (Wildman–Crippen LogP) is 3.00. The van der Waals surface area contributed by atoms with Crippen LogP contribution in [0.25, 0.3) is 11.4 Å². The van der Waals surface area contributed by atoms with Crippen molar-refractivity contribution in [1.82, 2.24) is 14.8 Å². The molecule has 8 nitrogen and oxygen atoms in total. The van der Waals surface area contributed by atoms with Gasteiger partial charge in [-0.05, 0) is 43.3 Å². The monoisotopic (exact) mass is 451 g/mol. The summed E-state index contributed by atoms with van der Waals surface area (Å²) in [6.45, 7) is 2.60. The van der Waals surface area contributed by atoms with Crippen molar-refractivity contribution in [2.75, 3.05) is 11.1 Å². The molecule has 0 saturated heterocycles. The summed E-state index contributed by atoms with van der Waals surface area (Å²) >= 11 is 7.31. The fraction of sp³-hybridized carbons (Fsp3) is 0.167. The van der Waals surface area contributed by atoms with Gasteiger partial charge >= 0.3 is 0 Å². The predicted molar refractivity (Wildman–Crippen MR) is 113 cm³/mol. The maximum Gasteiger partial charge on any atom is 0.238 e. The number of anilines is 1. The maximum absolute atomic E-state index is 12.2. The number of nitrogens with one attached hydrogen (secondary N) is 1. The van der Waals surface area contributed by atoms with E-state index in [2.05, 4.69) is 15.5 Å². The summed E-state index contributed by atoms with van der Waals surface area (Å²) in [5.41, 5.74) is 1.32. The number of aromatic nitrogens is 3. The first-order valence-corrected chi connectivity index (χ1v) is 11.4. The third kappa shape index (κ3) is 5.36. The Morgan fingerprint density at radius 1 is 1.21 bits per heavy atom. The van der Waals surface area contributed by atoms with Gasteiger partial charge in [0.15, 0.2) is 11.0 Å². The molecule has 11 heteroatoms. The number of primary sulfonamides is 1. The lowest BCUT2D eigenvalue weighted by atomic mass is 10.2. The third-order valence-corrected chi connectivity index (χ3v) is 6.05. The van der Waals surface area contributed by atoms with E-state index in [1.165, 1.54) is 36.0 Å². The van der Waals surface area contributed by atoms with Crippen LogP contribution in [0.5, 0.6) is 0 Å². The number of nitrogens with two attached hydrogens (primary N) is 1. The van der Waals surface area contributed by atoms with E-state index in [9.17, 15) is 13.2 Å². The van der Waals surface area contributed by atoms with Gasteiger partial charge in [0.1, 0.15) is 0 Å². The Labute approximate surface area is 177 Å². The molecule has 0 aliphatic heterocycles. The fourth-order valence-electron chi connectivity index (χ4n) is 2.58. The Kier molecular flexibility index (Phi) is 6.58. The van der Waals surface area contributed by atoms with E-state index in [0.717, 1.165) is 5.56 Å². The maximum atomic E-state index is 12.2. The zero-order chi connectivity index (χ0) is 21.0. The topological polar surface area (TPSA) is 120 Å². The molecule has 3 rings (SSSR count). The average Bonchev–Trinajstić information content (AvgIpc) is 3.09. The number of thioether (sulfide) groups is 1. The minimum absolute atomic E-state index is 0.0190. The summed E-state index contributed by atoms with van der Waals surface area (Å²) in [6, 6.07) is 13.0. The molecule has 0 aliphatic rings. The minimum atomic E-state index is -3.77. The average molecular weight is 452 g/mol. The zero-order valence-corrected chi connectivity index (χ0v) is 17.8. The number of benzene rings is 2. The number of amides is 1. The second-order valence-corrected chi connectivity index (χ2v) is 8.91. The molecule has 1 amide bonds. The first kappa shape index (κ1) is 21.3. The molecule has 0 radical (unpaired) electrons. The molecule has 1 heterocycles. The van der Waals surface area contributed by atoms with E-state index in [1.54, 1.807) is 6.07 Å². The van der Waals surface area contributed by atoms with E-state index in [-0.39, 0.29) is 16.6 Å². The lowest BCUT2D eigenvalue weighted by Gasteiger charge is -2.08. The normalized spacial score (nSPS) is 11.4. The molecule has 1 aromatic heterocycles. The van der Waals surface area contributed by atoms with Crippen molar-refractivity contribution in [2.45, 2.75) is 23.5 Å². The molecule has 0 atom stereocenters. The molecule has 0 unspecified atom stereocenters. The van der Waals surface area contributed by atoms with Gasteiger partial charge in [0.2, 0.25) is 15.9 Å². The summed E-state index contributed by atoms with van der Waals surface area (Å²) in [6.07, 6.45) is 0. The van der Waals surface area contributed by atoms with Gasteiger partial charge in [-0.3, -0.25) is 4.79 Å². The molecule has 29 heavy (non-hydrogen) atoms. The largest absolute Gasteiger partial charge is 0.325 e. The van der Waals surface area contributed by atoms with Crippen molar-refractivity contribution in [3.63, 3.8) is 0 Å². The Balaban J connectivity index is 1.66. The second-order valence-electron chi connectivity index (χ2n) is 5.97. The van der Waals surface area contributed by atoms with Crippen LogP contribution in [-0.4, -0.2) is 34.8 Å². The van der Waals surface area contributed by atoms with E-state index >= 15 is 0 Å². The van der Waals surface area contributed by atoms with Crippen LogP contribution in [0.4, 0.5) is 5.69 Å². The summed E-state index contributed by atoms with van der Waals surface area (Å²) in [7, 11) is -3.77. The highest BCUT2D eigenvalue weighted by molar-refractivity contribution is 7.99. The molecule has 152 valence electrons. The molecule has 2 aromatic carbocycles. The Morgan fingerprint density at radius 2 is 1.93 bits per heavy atom. The fourth-order valence-corrected chi connectivity index (χ4v) is 4.08. The van der Waals surface area contributed by atoms with E-state index < -0.39 is 10.0 Å². The number of hydrogen-bond acceptors (Lipinski definition) is 6. The number of nitrogens with zero attached hydrogens (tertiary/aromatic N) is 3. The number of carbonyl (C=O) groups is 1. The van der Waals surface area contributed by atoms with Gasteiger partial charge in [0, 0.05) is 22.8 Å². The van der Waals surface area contributed by atoms with Gasteiger partial charge < -0.3 is 9.88 Å². The van der Waals surface area contributed by atoms with Gasteiger partial charge in [-0.2, -0.15) is 0 Å². The van der Waals surface area contributed by atoms with Crippen LogP contribution in [0.15, 0.2) is 58.6 Å². The Bertz CT molecular complexity index is 1130. The standard InChI is InChI=1S/C18H18ClN5O3S2/c1-2-24-17(12-4-3-5-13(19)10-12)22-23-18(24)28-11-16(25)21-14-6-8-15(9-7-14)29(20,26)27/h3-10H,2,11H2,1H3,(H,21,25)(H2,20,26,27). The van der Waals surface area contributed by atoms with Crippen LogP contribution < -0.4 is 10.5 Å². The van der Waals surface area contributed by atoms with Gasteiger partial charge in [-0.15, -0.1) is 10.2 Å². The van der Waals surface area contributed by atoms with E-state index in [4.69, 9.17) is 16.7 Å². The van der Waals surface area contributed by atoms with E-state index in [1.807, 2.05) is 29.7 Å². The molecular weight excluding hydrogens is 434 g/mol. The van der Waals surface area contributed by atoms with Crippen LogP contribution in [-0.2, 0) is 21.4 Å². The molecule has 3 aromatic rings. The molecule has 0 saturated carbocycles. The molecule has 0 bridgehead atoms. The number of halogens is 1. The molecule has 0 fully saturated rings. The third-order valence-electron chi connectivity index (χ3n) is 3.91. The van der Waals surface area contributed by atoms with E-state index in [0.29, 0.717) is 28.2 Å². The van der Waals surface area contributed by atoms with Gasteiger partial charge in [0.25, 0.3) is 0 Å². The van der Waals surface area contributed by atoms with Crippen LogP contribution in [0, 0.1) is 0 Å². The first-order valence-electron chi connectivity index (χ1n) is 8.52. The highest BCUT2D eigenvalue weighted by Crippen LogP contribution is 2.26. The number of sulfonamides is 1. The number of rotatable bonds is 7. The first-order chi connectivity index (χ1) is 13.8. The molecule has 3 N–H and O–H groups in total. The summed E-state index contributed by atoms with van der Waals surface area (Å²) in [4.78, 5) is 12.2. The SMILES string of the molecule is CCn1c(SCC(=O)Nc2ccc(S(N)(=O)=O)cc2)nnc1-c1cccc(Cl)c1. The summed E-state index contributed by atoms with van der Waals surface area (Å²) in [5, 5.41) is 17.4. The Hall–Kier alpha value is -2.40. The van der Waals surface area contributed by atoms with Crippen molar-refractivity contribution < 1.29 is 13.2 Å². The highest BCUT2D eigenvalue weighted by atomic mass is 35.5. The van der Waals surface area contributed by atoms with Gasteiger partial charge in [0.05, 0.1) is 10.6 Å². The number of hydrogen-bond donors (Lipinski definition) is 2. The second kappa shape index (κ2) is 8.95. The number of carbonyl (C=O) groups excluding carboxylic acids is 1. The molecule has 0 aliphatic carbocycles. The van der Waals surface area contributed by atoms with Gasteiger partial charge in [-0.25, -0.2) is 13.6 Å². The smallest absolute Gasteiger partial charge is 0.238 e. The van der Waals surface area contributed by atoms with Crippen molar-refractivity contribution in [2.24, 2.45) is 5.14 Å². The van der Waals surface area contributed by atoms with Crippen molar-refractivity contribution in [1.29, 1.82) is 0 Å². The lowest BCUT2D eigenvalue weighted by molar-refractivity contribution is -0.113. The molecular formula is C18H18ClN5O3S2. The lowest BCUT2D eigenvalue weighted by Crippen LogP contribution is -2.15. The van der Waals surface area contributed by atoms with Crippen LogP contribution in [0.3, 0.4) is 0 Å². The quantitative estimate of drug-likeness (QED) is 0.533. The van der Waals surface area contributed by atoms with Crippen molar-refractivity contribution in [3.05, 3.63) is 53.6 Å². The van der Waals surface area contributed by atoms with Crippen molar-refractivity contribution >= 4 is 45.0 Å².